The molecule has 1 aromatic heterocycles. The van der Waals surface area contributed by atoms with Gasteiger partial charge in [0.2, 0.25) is 0 Å². The van der Waals surface area contributed by atoms with Gasteiger partial charge < -0.3 is 10.4 Å². The Kier molecular flexibility index (Phi) is 3.51. The number of hydrogen-bond donors (Lipinski definition) is 3. The maximum absolute atomic E-state index is 11.2. The lowest BCUT2D eigenvalue weighted by Crippen LogP contribution is -2.26. The van der Waals surface area contributed by atoms with Gasteiger partial charge in [-0.1, -0.05) is 0 Å². The Labute approximate surface area is 79.0 Å². The van der Waals surface area contributed by atoms with Crippen molar-refractivity contribution in [3.05, 3.63) is 11.2 Å². The highest BCUT2D eigenvalue weighted by molar-refractivity contribution is 7.82. The molecule has 1 heterocycles. The van der Waals surface area contributed by atoms with Gasteiger partial charge in [0.15, 0.2) is 5.69 Å². The van der Waals surface area contributed by atoms with Gasteiger partial charge >= 0.3 is 0 Å². The fourth-order valence-electron chi connectivity index (χ4n) is 0.649. The van der Waals surface area contributed by atoms with E-state index in [0.717, 1.165) is 0 Å². The third kappa shape index (κ3) is 2.20. The summed E-state index contributed by atoms with van der Waals surface area (Å²) in [6.07, 6.45) is 0. The summed E-state index contributed by atoms with van der Waals surface area (Å²) in [6.45, 7) is 0.168. The lowest BCUT2D eigenvalue weighted by atomic mass is 10.4. The molecule has 4 nitrogen and oxygen atoms in total. The Morgan fingerprint density at radius 2 is 2.58 bits per heavy atom. The van der Waals surface area contributed by atoms with Gasteiger partial charge in [-0.3, -0.25) is 4.79 Å². The summed E-state index contributed by atoms with van der Waals surface area (Å²) >= 11 is 5.34. The van der Waals surface area contributed by atoms with E-state index >= 15 is 0 Å². The number of aliphatic hydroxyl groups excluding tert-OH is 1. The average molecular weight is 204 g/mol. The number of thiazole rings is 1. The summed E-state index contributed by atoms with van der Waals surface area (Å²) in [5.41, 5.74) is 1.87. The van der Waals surface area contributed by atoms with Gasteiger partial charge in [0, 0.05) is 6.54 Å². The lowest BCUT2D eigenvalue weighted by Gasteiger charge is -1.99. The van der Waals surface area contributed by atoms with Crippen LogP contribution in [0.15, 0.2) is 9.72 Å². The van der Waals surface area contributed by atoms with E-state index in [-0.39, 0.29) is 19.1 Å². The van der Waals surface area contributed by atoms with Crippen LogP contribution in [0.4, 0.5) is 0 Å². The molecule has 0 aliphatic rings. The van der Waals surface area contributed by atoms with Crippen molar-refractivity contribution in [1.29, 1.82) is 0 Å². The normalized spacial score (nSPS) is 9.83. The van der Waals surface area contributed by atoms with Gasteiger partial charge in [-0.05, 0) is 0 Å². The second kappa shape index (κ2) is 4.44. The molecule has 12 heavy (non-hydrogen) atoms. The maximum atomic E-state index is 11.2. The van der Waals surface area contributed by atoms with Crippen LogP contribution in [0.5, 0.6) is 0 Å². The molecule has 0 saturated carbocycles. The number of aliphatic hydroxyl groups is 1. The standard InChI is InChI=1S/C6H8N2O2S2/c9-2-1-7-5(10)4-6(11)12-3-8-4/h3,9,11H,1-2H2,(H,7,10). The van der Waals surface area contributed by atoms with Crippen molar-refractivity contribution in [1.82, 2.24) is 10.3 Å². The molecular formula is C6H8N2O2S2. The molecule has 1 rings (SSSR count). The van der Waals surface area contributed by atoms with Crippen LogP contribution in [-0.4, -0.2) is 29.1 Å². The van der Waals surface area contributed by atoms with Crippen molar-refractivity contribution in [3.63, 3.8) is 0 Å². The van der Waals surface area contributed by atoms with Gasteiger partial charge in [-0.15, -0.1) is 24.0 Å². The van der Waals surface area contributed by atoms with Crippen LogP contribution in [0.1, 0.15) is 10.5 Å². The zero-order valence-corrected chi connectivity index (χ0v) is 7.86. The summed E-state index contributed by atoms with van der Waals surface area (Å²) < 4.78 is 0.588. The second-order valence-electron chi connectivity index (χ2n) is 1.99. The first-order valence-electron chi connectivity index (χ1n) is 3.27. The number of rotatable bonds is 3. The number of hydrogen-bond acceptors (Lipinski definition) is 5. The number of thiol groups is 1. The minimum atomic E-state index is -0.296. The summed E-state index contributed by atoms with van der Waals surface area (Å²) in [6, 6.07) is 0. The second-order valence-corrected chi connectivity index (χ2v) is 3.59. The third-order valence-corrected chi connectivity index (χ3v) is 2.32. The average Bonchev–Trinajstić information content (AvgIpc) is 2.47. The number of amides is 1. The summed E-state index contributed by atoms with van der Waals surface area (Å²) in [4.78, 5) is 15.0. The molecule has 0 atom stereocenters. The maximum Gasteiger partial charge on any atom is 0.272 e. The SMILES string of the molecule is O=C(NCCO)c1ncsc1S. The van der Waals surface area contributed by atoms with E-state index in [0.29, 0.717) is 9.90 Å². The lowest BCUT2D eigenvalue weighted by molar-refractivity contribution is 0.0938. The zero-order chi connectivity index (χ0) is 8.97. The fraction of sp³-hybridized carbons (Fsp3) is 0.333. The monoisotopic (exact) mass is 204 g/mol. The van der Waals surface area contributed by atoms with E-state index in [2.05, 4.69) is 22.9 Å². The molecule has 6 heteroatoms. The summed E-state index contributed by atoms with van der Waals surface area (Å²) in [7, 11) is 0. The Hall–Kier alpha value is -0.590. The first kappa shape index (κ1) is 9.50. The number of nitrogens with zero attached hydrogens (tertiary/aromatic N) is 1. The first-order chi connectivity index (χ1) is 5.75. The fourth-order valence-corrected chi connectivity index (χ4v) is 1.46. The molecule has 0 aliphatic carbocycles. The summed E-state index contributed by atoms with van der Waals surface area (Å²) in [5, 5.41) is 10.9. The van der Waals surface area contributed by atoms with Crippen LogP contribution in [0.3, 0.4) is 0 Å². The van der Waals surface area contributed by atoms with Crippen LogP contribution >= 0.6 is 24.0 Å². The minimum Gasteiger partial charge on any atom is -0.395 e. The molecule has 0 bridgehead atoms. The van der Waals surface area contributed by atoms with Crippen molar-refractivity contribution < 1.29 is 9.90 Å². The predicted molar refractivity (Wildman–Crippen MR) is 48.8 cm³/mol. The minimum absolute atomic E-state index is 0.0716. The predicted octanol–water partition coefficient (Wildman–Crippen LogP) is 0.154. The van der Waals surface area contributed by atoms with Gasteiger partial charge in [0.1, 0.15) is 0 Å². The van der Waals surface area contributed by atoms with Crippen molar-refractivity contribution in [2.24, 2.45) is 0 Å². The van der Waals surface area contributed by atoms with Crippen molar-refractivity contribution in [2.75, 3.05) is 13.2 Å². The molecule has 0 saturated heterocycles. The van der Waals surface area contributed by atoms with Crippen LogP contribution in [-0.2, 0) is 0 Å². The molecule has 0 spiro atoms. The number of carbonyl (C=O) groups excluding carboxylic acids is 1. The molecule has 1 aromatic rings. The third-order valence-electron chi connectivity index (χ3n) is 1.16. The van der Waals surface area contributed by atoms with Crippen molar-refractivity contribution in [2.45, 2.75) is 4.21 Å². The van der Waals surface area contributed by atoms with Gasteiger partial charge in [-0.2, -0.15) is 0 Å². The molecule has 0 aliphatic heterocycles. The van der Waals surface area contributed by atoms with Gasteiger partial charge in [0.05, 0.1) is 16.3 Å². The molecule has 1 amide bonds. The highest BCUT2D eigenvalue weighted by Crippen LogP contribution is 2.16. The smallest absolute Gasteiger partial charge is 0.272 e. The molecule has 0 unspecified atom stereocenters. The molecule has 0 radical (unpaired) electrons. The van der Waals surface area contributed by atoms with Crippen LogP contribution in [0, 0.1) is 0 Å². The summed E-state index contributed by atoms with van der Waals surface area (Å²) in [5.74, 6) is -0.296. The van der Waals surface area contributed by atoms with Crippen molar-refractivity contribution in [3.8, 4) is 0 Å². The first-order valence-corrected chi connectivity index (χ1v) is 4.60. The van der Waals surface area contributed by atoms with E-state index < -0.39 is 0 Å². The van der Waals surface area contributed by atoms with E-state index in [1.165, 1.54) is 11.3 Å². The largest absolute Gasteiger partial charge is 0.395 e. The zero-order valence-electron chi connectivity index (χ0n) is 6.15. The number of carbonyl (C=O) groups is 1. The van der Waals surface area contributed by atoms with Crippen LogP contribution < -0.4 is 5.32 Å². The molecular weight excluding hydrogens is 196 g/mol. The number of aromatic nitrogens is 1. The Morgan fingerprint density at radius 3 is 3.08 bits per heavy atom. The van der Waals surface area contributed by atoms with E-state index in [4.69, 9.17) is 5.11 Å². The number of nitrogens with one attached hydrogen (secondary N) is 1. The van der Waals surface area contributed by atoms with E-state index in [1.54, 1.807) is 5.51 Å². The topological polar surface area (TPSA) is 62.2 Å². The van der Waals surface area contributed by atoms with E-state index in [1.807, 2.05) is 0 Å². The molecule has 0 aromatic carbocycles. The van der Waals surface area contributed by atoms with Gasteiger partial charge in [0.25, 0.3) is 5.91 Å². The molecule has 0 fully saturated rings. The molecule has 66 valence electrons. The highest BCUT2D eigenvalue weighted by Gasteiger charge is 2.10. The Bertz CT molecular complexity index is 274. The van der Waals surface area contributed by atoms with Crippen LogP contribution in [0.2, 0.25) is 0 Å². The Balaban J connectivity index is 2.59. The highest BCUT2D eigenvalue weighted by atomic mass is 32.2. The van der Waals surface area contributed by atoms with Crippen LogP contribution in [0.25, 0.3) is 0 Å². The van der Waals surface area contributed by atoms with Crippen molar-refractivity contribution >= 4 is 29.9 Å². The Morgan fingerprint density at radius 1 is 1.83 bits per heavy atom. The van der Waals surface area contributed by atoms with E-state index in [9.17, 15) is 4.79 Å². The quantitative estimate of drug-likeness (QED) is 0.614. The molecule has 2 N–H and O–H groups in total. The van der Waals surface area contributed by atoms with Gasteiger partial charge in [-0.25, -0.2) is 4.98 Å².